The quantitative estimate of drug-likeness (QED) is 0.602. The van der Waals surface area contributed by atoms with Gasteiger partial charge < -0.3 is 5.73 Å². The maximum atomic E-state index is 5.88. The molecule has 1 aliphatic rings. The largest absolute Gasteiger partial charge is 0.327 e. The summed E-state index contributed by atoms with van der Waals surface area (Å²) in [6.07, 6.45) is 6.76. The molecule has 0 bridgehead atoms. The second kappa shape index (κ2) is 3.21. The highest BCUT2D eigenvalue weighted by molar-refractivity contribution is 4.76. The summed E-state index contributed by atoms with van der Waals surface area (Å²) in [6.45, 7) is 2.18. The number of hydrogen-bond acceptors (Lipinski definition) is 1. The van der Waals surface area contributed by atoms with Gasteiger partial charge in [-0.2, -0.15) is 0 Å². The van der Waals surface area contributed by atoms with Gasteiger partial charge in [-0.15, -0.1) is 0 Å². The van der Waals surface area contributed by atoms with Crippen molar-refractivity contribution in [3.05, 3.63) is 0 Å². The van der Waals surface area contributed by atoms with Gasteiger partial charge in [-0.05, 0) is 25.2 Å². The van der Waals surface area contributed by atoms with E-state index >= 15 is 0 Å². The summed E-state index contributed by atoms with van der Waals surface area (Å²) in [5.74, 6) is 0.856. The van der Waals surface area contributed by atoms with Crippen molar-refractivity contribution >= 4 is 0 Å². The molecule has 0 amide bonds. The number of nitrogens with two attached hydrogens (primary N) is 1. The van der Waals surface area contributed by atoms with Crippen LogP contribution in [0.3, 0.4) is 0 Å². The van der Waals surface area contributed by atoms with Crippen LogP contribution in [0.15, 0.2) is 0 Å². The second-order valence-electron chi connectivity index (χ2n) is 3.12. The Labute approximate surface area is 57.6 Å². The maximum Gasteiger partial charge on any atom is 0.00645 e. The first kappa shape index (κ1) is 7.07. The minimum atomic E-state index is 0.493. The molecule has 0 spiro atoms. The summed E-state index contributed by atoms with van der Waals surface area (Å²) in [4.78, 5) is 0. The average Bonchev–Trinajstić information content (AvgIpc) is 2.37. The Kier molecular flexibility index (Phi) is 2.52. The fraction of sp³-hybridized carbons (Fsp3) is 1.00. The van der Waals surface area contributed by atoms with E-state index in [9.17, 15) is 0 Å². The summed E-state index contributed by atoms with van der Waals surface area (Å²) in [6, 6.07) is 0.493. The molecule has 0 radical (unpaired) electrons. The highest BCUT2D eigenvalue weighted by atomic mass is 14.6. The molecule has 1 nitrogen and oxygen atoms in total. The van der Waals surface area contributed by atoms with E-state index in [1.807, 2.05) is 0 Å². The zero-order valence-corrected chi connectivity index (χ0v) is 6.27. The van der Waals surface area contributed by atoms with E-state index in [-0.39, 0.29) is 0 Å². The predicted octanol–water partition coefficient (Wildman–Crippen LogP) is 1.91. The molecule has 0 saturated heterocycles. The van der Waals surface area contributed by atoms with Crippen molar-refractivity contribution in [3.8, 4) is 0 Å². The molecule has 2 N–H and O–H groups in total. The summed E-state index contributed by atoms with van der Waals surface area (Å²) < 4.78 is 0. The van der Waals surface area contributed by atoms with Gasteiger partial charge in [0, 0.05) is 6.04 Å². The van der Waals surface area contributed by atoms with Crippen LogP contribution in [0.4, 0.5) is 0 Å². The van der Waals surface area contributed by atoms with Crippen LogP contribution in [0.1, 0.15) is 39.0 Å². The zero-order valence-electron chi connectivity index (χ0n) is 6.27. The summed E-state index contributed by atoms with van der Waals surface area (Å²) in [5.41, 5.74) is 5.88. The van der Waals surface area contributed by atoms with Crippen molar-refractivity contribution in [1.29, 1.82) is 0 Å². The lowest BCUT2D eigenvalue weighted by atomic mass is 9.97. The van der Waals surface area contributed by atoms with Gasteiger partial charge >= 0.3 is 0 Å². The van der Waals surface area contributed by atoms with Crippen LogP contribution in [0.25, 0.3) is 0 Å². The summed E-state index contributed by atoms with van der Waals surface area (Å²) in [5, 5.41) is 0. The fourth-order valence-corrected chi connectivity index (χ4v) is 1.72. The van der Waals surface area contributed by atoms with Gasteiger partial charge in [-0.3, -0.25) is 0 Å². The third-order valence-electron chi connectivity index (χ3n) is 2.48. The molecule has 0 aromatic heterocycles. The van der Waals surface area contributed by atoms with E-state index < -0.39 is 0 Å². The lowest BCUT2D eigenvalue weighted by Crippen LogP contribution is -2.26. The van der Waals surface area contributed by atoms with Crippen LogP contribution in [-0.2, 0) is 0 Å². The molecule has 0 heterocycles. The van der Waals surface area contributed by atoms with Crippen LogP contribution in [0, 0.1) is 5.92 Å². The van der Waals surface area contributed by atoms with Crippen LogP contribution in [0.2, 0.25) is 0 Å². The van der Waals surface area contributed by atoms with E-state index in [1.165, 1.54) is 25.7 Å². The van der Waals surface area contributed by atoms with E-state index in [0.717, 1.165) is 12.3 Å². The average molecular weight is 127 g/mol. The van der Waals surface area contributed by atoms with E-state index in [1.54, 1.807) is 0 Å². The van der Waals surface area contributed by atoms with E-state index in [2.05, 4.69) is 6.92 Å². The van der Waals surface area contributed by atoms with Crippen molar-refractivity contribution < 1.29 is 0 Å². The lowest BCUT2D eigenvalue weighted by molar-refractivity contribution is 0.422. The van der Waals surface area contributed by atoms with Gasteiger partial charge in [-0.25, -0.2) is 0 Å². The van der Waals surface area contributed by atoms with Crippen LogP contribution >= 0.6 is 0 Å². The van der Waals surface area contributed by atoms with Crippen molar-refractivity contribution in [2.75, 3.05) is 0 Å². The standard InChI is InChI=1S/C8H17N/c1-2-8(9)7-5-3-4-6-7/h7-8H,2-6,9H2,1H3/t8-/m0/s1. The molecule has 1 saturated carbocycles. The minimum absolute atomic E-state index is 0.493. The number of hydrogen-bond donors (Lipinski definition) is 1. The molecule has 1 rings (SSSR count). The second-order valence-corrected chi connectivity index (χ2v) is 3.12. The molecule has 54 valence electrons. The molecule has 1 atom stereocenters. The summed E-state index contributed by atoms with van der Waals surface area (Å²) in [7, 11) is 0. The highest BCUT2D eigenvalue weighted by Gasteiger charge is 2.19. The van der Waals surface area contributed by atoms with Gasteiger partial charge in [0.2, 0.25) is 0 Å². The molecule has 1 heteroatoms. The molecule has 0 aliphatic heterocycles. The Bertz CT molecular complexity index is 74.6. The minimum Gasteiger partial charge on any atom is -0.327 e. The lowest BCUT2D eigenvalue weighted by Gasteiger charge is -2.15. The maximum absolute atomic E-state index is 5.88. The Balaban J connectivity index is 2.24. The third kappa shape index (κ3) is 1.68. The first-order valence-electron chi connectivity index (χ1n) is 4.10. The first-order chi connectivity index (χ1) is 4.34. The van der Waals surface area contributed by atoms with Crippen molar-refractivity contribution in [2.24, 2.45) is 11.7 Å². The van der Waals surface area contributed by atoms with Crippen molar-refractivity contribution in [3.63, 3.8) is 0 Å². The smallest absolute Gasteiger partial charge is 0.00645 e. The van der Waals surface area contributed by atoms with Crippen molar-refractivity contribution in [2.45, 2.75) is 45.1 Å². The molecule has 9 heavy (non-hydrogen) atoms. The molecule has 0 aromatic rings. The Hall–Kier alpha value is -0.0400. The van der Waals surface area contributed by atoms with Gasteiger partial charge in [0.05, 0.1) is 0 Å². The molecule has 1 aliphatic carbocycles. The monoisotopic (exact) mass is 127 g/mol. The van der Waals surface area contributed by atoms with Gasteiger partial charge in [0.25, 0.3) is 0 Å². The first-order valence-corrected chi connectivity index (χ1v) is 4.10. The van der Waals surface area contributed by atoms with Gasteiger partial charge in [-0.1, -0.05) is 19.8 Å². The molecular formula is C8H17N. The SMILES string of the molecule is CC[C@H](N)C1CCCC1. The van der Waals surface area contributed by atoms with Crippen molar-refractivity contribution in [1.82, 2.24) is 0 Å². The Morgan fingerprint density at radius 3 is 2.44 bits per heavy atom. The van der Waals surface area contributed by atoms with E-state index in [0.29, 0.717) is 6.04 Å². The van der Waals surface area contributed by atoms with Crippen LogP contribution in [0.5, 0.6) is 0 Å². The Morgan fingerprint density at radius 2 is 2.00 bits per heavy atom. The topological polar surface area (TPSA) is 26.0 Å². The molecule has 0 unspecified atom stereocenters. The normalized spacial score (nSPS) is 24.7. The highest BCUT2D eigenvalue weighted by Crippen LogP contribution is 2.27. The third-order valence-corrected chi connectivity index (χ3v) is 2.48. The summed E-state index contributed by atoms with van der Waals surface area (Å²) >= 11 is 0. The zero-order chi connectivity index (χ0) is 6.69. The molecular weight excluding hydrogens is 110 g/mol. The Morgan fingerprint density at radius 1 is 1.44 bits per heavy atom. The predicted molar refractivity (Wildman–Crippen MR) is 40.2 cm³/mol. The van der Waals surface area contributed by atoms with Gasteiger partial charge in [0.1, 0.15) is 0 Å². The molecule has 0 aromatic carbocycles. The van der Waals surface area contributed by atoms with Crippen LogP contribution < -0.4 is 5.73 Å². The molecule has 1 fully saturated rings. The van der Waals surface area contributed by atoms with Crippen LogP contribution in [-0.4, -0.2) is 6.04 Å². The van der Waals surface area contributed by atoms with E-state index in [4.69, 9.17) is 5.73 Å². The van der Waals surface area contributed by atoms with Gasteiger partial charge in [0.15, 0.2) is 0 Å². The fourth-order valence-electron chi connectivity index (χ4n) is 1.72. The number of rotatable bonds is 2.